The molecule has 4 aromatic rings. The van der Waals surface area contributed by atoms with Gasteiger partial charge in [-0.2, -0.15) is 0 Å². The SMILES string of the molecule is Cc1cccc2nc(-c3ccc(F)cc3)c(/N=C/c3ccc(F)cc3)n12. The maximum absolute atomic E-state index is 13.3. The van der Waals surface area contributed by atoms with Gasteiger partial charge in [0.05, 0.1) is 0 Å². The van der Waals surface area contributed by atoms with Crippen molar-refractivity contribution in [1.29, 1.82) is 0 Å². The van der Waals surface area contributed by atoms with Crippen LogP contribution in [0.25, 0.3) is 16.9 Å². The van der Waals surface area contributed by atoms with Gasteiger partial charge in [0.2, 0.25) is 0 Å². The number of benzene rings is 2. The summed E-state index contributed by atoms with van der Waals surface area (Å²) in [4.78, 5) is 9.28. The molecule has 0 radical (unpaired) electrons. The van der Waals surface area contributed by atoms with Crippen molar-refractivity contribution in [3.63, 3.8) is 0 Å². The first-order valence-electron chi connectivity index (χ1n) is 8.15. The quantitative estimate of drug-likeness (QED) is 0.460. The van der Waals surface area contributed by atoms with Crippen molar-refractivity contribution in [3.8, 4) is 11.3 Å². The molecule has 2 heterocycles. The molecule has 0 amide bonds. The van der Waals surface area contributed by atoms with Crippen molar-refractivity contribution < 1.29 is 8.78 Å². The number of rotatable bonds is 3. The molecular formula is C21H15F2N3. The highest BCUT2D eigenvalue weighted by molar-refractivity contribution is 5.85. The number of aryl methyl sites for hydroxylation is 1. The van der Waals surface area contributed by atoms with Gasteiger partial charge in [-0.3, -0.25) is 4.40 Å². The van der Waals surface area contributed by atoms with Gasteiger partial charge >= 0.3 is 0 Å². The molecule has 2 aromatic heterocycles. The summed E-state index contributed by atoms with van der Waals surface area (Å²) in [6.45, 7) is 1.97. The highest BCUT2D eigenvalue weighted by Gasteiger charge is 2.14. The minimum Gasteiger partial charge on any atom is -0.281 e. The lowest BCUT2D eigenvalue weighted by molar-refractivity contribution is 0.627. The molecule has 128 valence electrons. The third kappa shape index (κ3) is 2.99. The number of aliphatic imine (C=N–C) groups is 1. The first-order chi connectivity index (χ1) is 12.6. The van der Waals surface area contributed by atoms with Crippen molar-refractivity contribution in [2.24, 2.45) is 4.99 Å². The van der Waals surface area contributed by atoms with Crippen LogP contribution in [0.5, 0.6) is 0 Å². The van der Waals surface area contributed by atoms with Gasteiger partial charge in [0.25, 0.3) is 0 Å². The minimum absolute atomic E-state index is 0.292. The van der Waals surface area contributed by atoms with Crippen molar-refractivity contribution in [1.82, 2.24) is 9.38 Å². The van der Waals surface area contributed by atoms with Crippen LogP contribution in [-0.4, -0.2) is 15.6 Å². The third-order valence-corrected chi connectivity index (χ3v) is 4.14. The van der Waals surface area contributed by atoms with Gasteiger partial charge < -0.3 is 0 Å². The highest BCUT2D eigenvalue weighted by Crippen LogP contribution is 2.32. The fraction of sp³-hybridized carbons (Fsp3) is 0.0476. The van der Waals surface area contributed by atoms with Crippen LogP contribution in [0.15, 0.2) is 71.7 Å². The summed E-state index contributed by atoms with van der Waals surface area (Å²) in [5, 5.41) is 0. The predicted octanol–water partition coefficient (Wildman–Crippen LogP) is 5.34. The number of hydrogen-bond acceptors (Lipinski definition) is 2. The van der Waals surface area contributed by atoms with E-state index in [0.29, 0.717) is 11.5 Å². The molecule has 0 spiro atoms. The molecule has 0 atom stereocenters. The van der Waals surface area contributed by atoms with E-state index in [-0.39, 0.29) is 11.6 Å². The molecule has 0 saturated carbocycles. The Balaban J connectivity index is 1.89. The Labute approximate surface area is 149 Å². The third-order valence-electron chi connectivity index (χ3n) is 4.14. The van der Waals surface area contributed by atoms with E-state index in [1.54, 1.807) is 30.5 Å². The Kier molecular flexibility index (Phi) is 4.05. The summed E-state index contributed by atoms with van der Waals surface area (Å²) in [5.74, 6) is 0.0545. The Morgan fingerprint density at radius 2 is 1.54 bits per heavy atom. The summed E-state index contributed by atoms with van der Waals surface area (Å²) in [6, 6.07) is 18.1. The monoisotopic (exact) mass is 347 g/mol. The predicted molar refractivity (Wildman–Crippen MR) is 99.0 cm³/mol. The lowest BCUT2D eigenvalue weighted by Crippen LogP contribution is -1.90. The van der Waals surface area contributed by atoms with Crippen LogP contribution in [0.4, 0.5) is 14.6 Å². The molecule has 0 saturated heterocycles. The summed E-state index contributed by atoms with van der Waals surface area (Å²) in [6.07, 6.45) is 1.67. The number of imidazole rings is 1. The fourth-order valence-electron chi connectivity index (χ4n) is 2.84. The molecule has 0 aliphatic rings. The van der Waals surface area contributed by atoms with E-state index in [1.807, 2.05) is 29.5 Å². The second kappa shape index (κ2) is 6.52. The Morgan fingerprint density at radius 1 is 0.885 bits per heavy atom. The fourth-order valence-corrected chi connectivity index (χ4v) is 2.84. The Morgan fingerprint density at radius 3 is 2.23 bits per heavy atom. The first-order valence-corrected chi connectivity index (χ1v) is 8.15. The van der Waals surface area contributed by atoms with Gasteiger partial charge in [0.15, 0.2) is 5.82 Å². The Hall–Kier alpha value is -3.34. The number of halogens is 2. The van der Waals surface area contributed by atoms with Gasteiger partial charge in [-0.25, -0.2) is 18.8 Å². The van der Waals surface area contributed by atoms with E-state index in [2.05, 4.69) is 9.98 Å². The van der Waals surface area contributed by atoms with E-state index < -0.39 is 0 Å². The summed E-state index contributed by atoms with van der Waals surface area (Å²) in [5.41, 5.74) is 3.96. The van der Waals surface area contributed by atoms with Gasteiger partial charge in [0.1, 0.15) is 23.0 Å². The number of nitrogens with zero attached hydrogens (tertiary/aromatic N) is 3. The van der Waals surface area contributed by atoms with Gasteiger partial charge in [-0.05, 0) is 61.0 Å². The average molecular weight is 347 g/mol. The van der Waals surface area contributed by atoms with Crippen LogP contribution in [0, 0.1) is 18.6 Å². The summed E-state index contributed by atoms with van der Waals surface area (Å²) >= 11 is 0. The molecule has 2 aromatic carbocycles. The number of hydrogen-bond donors (Lipinski definition) is 0. The summed E-state index contributed by atoms with van der Waals surface area (Å²) < 4.78 is 28.3. The maximum atomic E-state index is 13.3. The molecule has 0 bridgehead atoms. The standard InChI is InChI=1S/C21H15F2N3/c1-14-3-2-4-19-25-20(16-7-11-18(23)12-8-16)21(26(14)19)24-13-15-5-9-17(22)10-6-15/h2-13H,1H3/b24-13+. The number of fused-ring (bicyclic) bond motifs is 1. The van der Waals surface area contributed by atoms with Crippen molar-refractivity contribution >= 4 is 17.7 Å². The first kappa shape index (κ1) is 16.1. The van der Waals surface area contributed by atoms with Gasteiger partial charge in [-0.1, -0.05) is 18.2 Å². The second-order valence-corrected chi connectivity index (χ2v) is 5.96. The molecule has 4 rings (SSSR count). The van der Waals surface area contributed by atoms with Crippen LogP contribution >= 0.6 is 0 Å². The van der Waals surface area contributed by atoms with E-state index >= 15 is 0 Å². The molecule has 0 aliphatic carbocycles. The van der Waals surface area contributed by atoms with Crippen LogP contribution in [-0.2, 0) is 0 Å². The molecule has 3 nitrogen and oxygen atoms in total. The van der Waals surface area contributed by atoms with Crippen LogP contribution in [0.3, 0.4) is 0 Å². The van der Waals surface area contributed by atoms with Gasteiger partial charge in [-0.15, -0.1) is 0 Å². The van der Waals surface area contributed by atoms with Gasteiger partial charge in [0, 0.05) is 17.5 Å². The zero-order valence-electron chi connectivity index (χ0n) is 14.0. The molecule has 0 fully saturated rings. The lowest BCUT2D eigenvalue weighted by atomic mass is 10.1. The maximum Gasteiger partial charge on any atom is 0.165 e. The number of pyridine rings is 1. The largest absolute Gasteiger partial charge is 0.281 e. The van der Waals surface area contributed by atoms with E-state index in [1.165, 1.54) is 24.3 Å². The van der Waals surface area contributed by atoms with E-state index in [0.717, 1.165) is 22.5 Å². The zero-order chi connectivity index (χ0) is 18.1. The molecular weight excluding hydrogens is 332 g/mol. The molecule has 0 aliphatic heterocycles. The minimum atomic E-state index is -0.301. The molecule has 5 heteroatoms. The van der Waals surface area contributed by atoms with Crippen LogP contribution in [0.1, 0.15) is 11.3 Å². The highest BCUT2D eigenvalue weighted by atomic mass is 19.1. The van der Waals surface area contributed by atoms with Crippen molar-refractivity contribution in [2.45, 2.75) is 6.92 Å². The lowest BCUT2D eigenvalue weighted by Gasteiger charge is -2.03. The van der Waals surface area contributed by atoms with Crippen LogP contribution < -0.4 is 0 Å². The zero-order valence-corrected chi connectivity index (χ0v) is 14.0. The summed E-state index contributed by atoms with van der Waals surface area (Å²) in [7, 11) is 0. The van der Waals surface area contributed by atoms with E-state index in [4.69, 9.17) is 0 Å². The molecule has 0 N–H and O–H groups in total. The Bertz CT molecular complexity index is 1090. The smallest absolute Gasteiger partial charge is 0.165 e. The second-order valence-electron chi connectivity index (χ2n) is 5.96. The molecule has 26 heavy (non-hydrogen) atoms. The average Bonchev–Trinajstić information content (AvgIpc) is 3.02. The normalized spacial score (nSPS) is 11.5. The topological polar surface area (TPSA) is 29.7 Å². The number of aromatic nitrogens is 2. The van der Waals surface area contributed by atoms with Crippen molar-refractivity contribution in [2.75, 3.05) is 0 Å². The van der Waals surface area contributed by atoms with Crippen LogP contribution in [0.2, 0.25) is 0 Å². The molecule has 0 unspecified atom stereocenters. The van der Waals surface area contributed by atoms with Crippen molar-refractivity contribution in [3.05, 3.63) is 89.6 Å². The van der Waals surface area contributed by atoms with E-state index in [9.17, 15) is 8.78 Å².